The zero-order chi connectivity index (χ0) is 18.0. The SMILES string of the molecule is CCn1nc(C(F)(F)F)cc1C(=O)Nc1ccc(-c2ccno2)cc1. The first-order chi connectivity index (χ1) is 11.9. The molecule has 0 aliphatic carbocycles. The number of aryl methyl sites for hydroxylation is 1. The number of halogens is 3. The van der Waals surface area contributed by atoms with Gasteiger partial charge in [0.05, 0.1) is 6.20 Å². The van der Waals surface area contributed by atoms with Crippen molar-refractivity contribution >= 4 is 11.6 Å². The summed E-state index contributed by atoms with van der Waals surface area (Å²) in [6.07, 6.45) is -3.09. The first-order valence-corrected chi connectivity index (χ1v) is 7.36. The molecule has 9 heteroatoms. The highest BCUT2D eigenvalue weighted by atomic mass is 19.4. The van der Waals surface area contributed by atoms with Crippen LogP contribution >= 0.6 is 0 Å². The molecule has 1 amide bonds. The van der Waals surface area contributed by atoms with Gasteiger partial charge in [-0.2, -0.15) is 18.3 Å². The Kier molecular flexibility index (Phi) is 4.30. The van der Waals surface area contributed by atoms with Gasteiger partial charge in [-0.1, -0.05) is 5.16 Å². The molecule has 0 fully saturated rings. The van der Waals surface area contributed by atoms with Gasteiger partial charge in [0.25, 0.3) is 5.91 Å². The average molecular weight is 350 g/mol. The number of aromatic nitrogens is 3. The highest BCUT2D eigenvalue weighted by Crippen LogP contribution is 2.29. The molecule has 2 aromatic heterocycles. The Bertz CT molecular complexity index is 868. The molecule has 0 bridgehead atoms. The van der Waals surface area contributed by atoms with Gasteiger partial charge < -0.3 is 9.84 Å². The van der Waals surface area contributed by atoms with Crippen molar-refractivity contribution in [2.75, 3.05) is 5.32 Å². The quantitative estimate of drug-likeness (QED) is 0.776. The maximum Gasteiger partial charge on any atom is 0.435 e. The van der Waals surface area contributed by atoms with Crippen LogP contribution in [-0.2, 0) is 12.7 Å². The van der Waals surface area contributed by atoms with Crippen LogP contribution in [0.3, 0.4) is 0 Å². The summed E-state index contributed by atoms with van der Waals surface area (Å²) >= 11 is 0. The number of amides is 1. The Morgan fingerprint density at radius 1 is 1.24 bits per heavy atom. The summed E-state index contributed by atoms with van der Waals surface area (Å²) in [5.41, 5.74) is -0.0616. The fourth-order valence-corrected chi connectivity index (χ4v) is 2.26. The lowest BCUT2D eigenvalue weighted by Gasteiger charge is -2.07. The number of rotatable bonds is 4. The summed E-state index contributed by atoms with van der Waals surface area (Å²) in [5.74, 6) is -0.103. The third-order valence-electron chi connectivity index (χ3n) is 3.47. The monoisotopic (exact) mass is 350 g/mol. The van der Waals surface area contributed by atoms with E-state index in [1.54, 1.807) is 37.3 Å². The molecule has 3 rings (SSSR count). The van der Waals surface area contributed by atoms with Crippen molar-refractivity contribution in [1.82, 2.24) is 14.9 Å². The number of carbonyl (C=O) groups excluding carboxylic acids is 1. The normalized spacial score (nSPS) is 11.5. The van der Waals surface area contributed by atoms with E-state index in [0.29, 0.717) is 11.4 Å². The van der Waals surface area contributed by atoms with Gasteiger partial charge in [0.2, 0.25) is 0 Å². The van der Waals surface area contributed by atoms with E-state index in [9.17, 15) is 18.0 Å². The molecule has 0 unspecified atom stereocenters. The molecule has 25 heavy (non-hydrogen) atoms. The molecule has 6 nitrogen and oxygen atoms in total. The van der Waals surface area contributed by atoms with E-state index < -0.39 is 17.8 Å². The molecule has 0 saturated heterocycles. The first kappa shape index (κ1) is 16.7. The molecule has 1 aromatic carbocycles. The molecule has 0 saturated carbocycles. The van der Waals surface area contributed by atoms with E-state index in [1.807, 2.05) is 0 Å². The largest absolute Gasteiger partial charge is 0.435 e. The highest BCUT2D eigenvalue weighted by molar-refractivity contribution is 6.03. The smallest absolute Gasteiger partial charge is 0.356 e. The van der Waals surface area contributed by atoms with Crippen LogP contribution in [0.25, 0.3) is 11.3 Å². The van der Waals surface area contributed by atoms with Crippen molar-refractivity contribution in [2.45, 2.75) is 19.6 Å². The van der Waals surface area contributed by atoms with Gasteiger partial charge in [-0.15, -0.1) is 0 Å². The van der Waals surface area contributed by atoms with Crippen molar-refractivity contribution in [2.24, 2.45) is 0 Å². The van der Waals surface area contributed by atoms with Crippen molar-refractivity contribution in [3.63, 3.8) is 0 Å². The number of nitrogens with zero attached hydrogens (tertiary/aromatic N) is 3. The minimum absolute atomic E-state index is 0.142. The van der Waals surface area contributed by atoms with E-state index in [4.69, 9.17) is 4.52 Å². The van der Waals surface area contributed by atoms with Crippen LogP contribution in [0.2, 0.25) is 0 Å². The van der Waals surface area contributed by atoms with E-state index in [1.165, 1.54) is 6.20 Å². The van der Waals surface area contributed by atoms with E-state index in [0.717, 1.165) is 16.3 Å². The van der Waals surface area contributed by atoms with Crippen LogP contribution in [-0.4, -0.2) is 20.8 Å². The third kappa shape index (κ3) is 3.54. The molecule has 0 atom stereocenters. The van der Waals surface area contributed by atoms with Crippen molar-refractivity contribution in [3.8, 4) is 11.3 Å². The molecule has 2 heterocycles. The van der Waals surface area contributed by atoms with Crippen LogP contribution in [0.1, 0.15) is 23.1 Å². The maximum absolute atomic E-state index is 12.8. The van der Waals surface area contributed by atoms with E-state index in [-0.39, 0.29) is 12.2 Å². The Morgan fingerprint density at radius 2 is 1.96 bits per heavy atom. The topological polar surface area (TPSA) is 73.0 Å². The fraction of sp³-hybridized carbons (Fsp3) is 0.188. The standard InChI is InChI=1S/C16H13F3N4O2/c1-2-23-12(9-14(22-23)16(17,18)19)15(24)21-11-5-3-10(4-6-11)13-7-8-20-25-13/h3-9H,2H2,1H3,(H,21,24). The lowest BCUT2D eigenvalue weighted by atomic mass is 10.1. The van der Waals surface area contributed by atoms with E-state index in [2.05, 4.69) is 15.6 Å². The molecule has 0 spiro atoms. The molecule has 1 N–H and O–H groups in total. The van der Waals surface area contributed by atoms with Gasteiger partial charge >= 0.3 is 6.18 Å². The van der Waals surface area contributed by atoms with Gasteiger partial charge in [0, 0.05) is 29.9 Å². The van der Waals surface area contributed by atoms with Gasteiger partial charge in [0.15, 0.2) is 11.5 Å². The first-order valence-electron chi connectivity index (χ1n) is 7.36. The number of benzene rings is 1. The minimum atomic E-state index is -4.60. The molecule has 3 aromatic rings. The summed E-state index contributed by atoms with van der Waals surface area (Å²) in [5, 5.41) is 9.58. The van der Waals surface area contributed by atoms with Crippen molar-refractivity contribution in [3.05, 3.63) is 54.0 Å². The summed E-state index contributed by atoms with van der Waals surface area (Å²) in [6, 6.07) is 9.07. The molecule has 0 aliphatic heterocycles. The average Bonchev–Trinajstić information content (AvgIpc) is 3.24. The minimum Gasteiger partial charge on any atom is -0.356 e. The number of anilines is 1. The second-order valence-corrected chi connectivity index (χ2v) is 5.14. The number of hydrogen-bond donors (Lipinski definition) is 1. The lowest BCUT2D eigenvalue weighted by Crippen LogP contribution is -2.17. The summed E-state index contributed by atoms with van der Waals surface area (Å²) in [7, 11) is 0. The molecular formula is C16H13F3N4O2. The zero-order valence-corrected chi connectivity index (χ0v) is 13.0. The van der Waals surface area contributed by atoms with Crippen LogP contribution in [0.15, 0.2) is 47.1 Å². The van der Waals surface area contributed by atoms with Gasteiger partial charge in [-0.05, 0) is 31.2 Å². The number of alkyl halides is 3. The summed E-state index contributed by atoms with van der Waals surface area (Å²) in [4.78, 5) is 12.3. The van der Waals surface area contributed by atoms with Gasteiger partial charge in [-0.25, -0.2) is 0 Å². The molecule has 130 valence electrons. The Hall–Kier alpha value is -3.10. The molecular weight excluding hydrogens is 337 g/mol. The van der Waals surface area contributed by atoms with Crippen LogP contribution in [0, 0.1) is 0 Å². The number of carbonyl (C=O) groups is 1. The summed E-state index contributed by atoms with van der Waals surface area (Å²) in [6.45, 7) is 1.75. The second-order valence-electron chi connectivity index (χ2n) is 5.14. The second kappa shape index (κ2) is 6.42. The van der Waals surface area contributed by atoms with E-state index >= 15 is 0 Å². The number of hydrogen-bond acceptors (Lipinski definition) is 4. The van der Waals surface area contributed by atoms with Crippen molar-refractivity contribution < 1.29 is 22.5 Å². The maximum atomic E-state index is 12.8. The van der Waals surface area contributed by atoms with Crippen LogP contribution < -0.4 is 5.32 Å². The Morgan fingerprint density at radius 3 is 2.52 bits per heavy atom. The van der Waals surface area contributed by atoms with Gasteiger partial charge in [-0.3, -0.25) is 9.48 Å². The Labute approximate surface area is 140 Å². The predicted octanol–water partition coefficient (Wildman–Crippen LogP) is 3.83. The van der Waals surface area contributed by atoms with Crippen LogP contribution in [0.5, 0.6) is 0 Å². The van der Waals surface area contributed by atoms with Crippen molar-refractivity contribution in [1.29, 1.82) is 0 Å². The molecule has 0 aliphatic rings. The predicted molar refractivity (Wildman–Crippen MR) is 82.8 cm³/mol. The van der Waals surface area contributed by atoms with Crippen LogP contribution in [0.4, 0.5) is 18.9 Å². The Balaban J connectivity index is 1.79. The zero-order valence-electron chi connectivity index (χ0n) is 13.0. The third-order valence-corrected chi connectivity index (χ3v) is 3.47. The number of nitrogens with one attached hydrogen (secondary N) is 1. The summed E-state index contributed by atoms with van der Waals surface area (Å²) < 4.78 is 44.3. The lowest BCUT2D eigenvalue weighted by molar-refractivity contribution is -0.141. The van der Waals surface area contributed by atoms with Gasteiger partial charge in [0.1, 0.15) is 5.69 Å². The fourth-order valence-electron chi connectivity index (χ4n) is 2.26. The highest BCUT2D eigenvalue weighted by Gasteiger charge is 2.35. The molecule has 0 radical (unpaired) electrons.